The maximum Gasteiger partial charge on any atom is 0.214 e. The second kappa shape index (κ2) is 7.17. The summed E-state index contributed by atoms with van der Waals surface area (Å²) in [6, 6.07) is 11.1. The van der Waals surface area contributed by atoms with Gasteiger partial charge in [-0.1, -0.05) is 11.6 Å². The van der Waals surface area contributed by atoms with Gasteiger partial charge in [-0.15, -0.1) is 0 Å². The molecule has 1 heterocycles. The molecule has 0 bridgehead atoms. The predicted molar refractivity (Wildman–Crippen MR) is 73.9 cm³/mol. The summed E-state index contributed by atoms with van der Waals surface area (Å²) in [4.78, 5) is 0. The number of benzene rings is 1. The van der Waals surface area contributed by atoms with Gasteiger partial charge in [-0.05, 0) is 32.4 Å². The van der Waals surface area contributed by atoms with Crippen LogP contribution in [0.15, 0.2) is 30.3 Å². The normalized spacial score (nSPS) is 11.0. The highest BCUT2D eigenvalue weighted by molar-refractivity contribution is 5.36. The number of rotatable bonds is 1. The Bertz CT molecular complexity index is 637. The maximum atomic E-state index is 8.60. The summed E-state index contributed by atoms with van der Waals surface area (Å²) >= 11 is 0. The highest BCUT2D eigenvalue weighted by atomic mass is 35.7. The highest BCUT2D eigenvalue weighted by Crippen LogP contribution is 2.13. The summed E-state index contributed by atoms with van der Waals surface area (Å²) in [6.45, 7) is 10.8. The van der Waals surface area contributed by atoms with Gasteiger partial charge in [0.2, 0.25) is 5.69 Å². The number of aromatic nitrogens is 1. The molecule has 0 saturated heterocycles. The van der Waals surface area contributed by atoms with Crippen LogP contribution < -0.4 is 18.5 Å². The zero-order valence-electron chi connectivity index (χ0n) is 13.4. The average molecular weight is 327 g/mol. The van der Waals surface area contributed by atoms with Crippen molar-refractivity contribution in [3.05, 3.63) is 58.4 Å². The van der Waals surface area contributed by atoms with Crippen molar-refractivity contribution in [2.45, 2.75) is 34.6 Å². The first kappa shape index (κ1) is 18.5. The molecule has 5 nitrogen and oxygen atoms in total. The Morgan fingerprint density at radius 2 is 1.27 bits per heavy atom. The molecule has 0 amide bonds. The minimum Gasteiger partial charge on any atom is -0.183 e. The second-order valence-electron chi connectivity index (χ2n) is 5.34. The van der Waals surface area contributed by atoms with Gasteiger partial charge in [0.15, 0.2) is 11.4 Å². The third-order valence-corrected chi connectivity index (χ3v) is 3.17. The van der Waals surface area contributed by atoms with Crippen LogP contribution in [0.25, 0.3) is 5.69 Å². The van der Waals surface area contributed by atoms with Crippen LogP contribution in [-0.2, 0) is 0 Å². The van der Waals surface area contributed by atoms with E-state index in [2.05, 4.69) is 69.5 Å². The lowest BCUT2D eigenvalue weighted by Crippen LogP contribution is -2.58. The van der Waals surface area contributed by atoms with Crippen molar-refractivity contribution in [2.75, 3.05) is 0 Å². The molecule has 1 aromatic heterocycles. The van der Waals surface area contributed by atoms with Crippen LogP contribution in [0.4, 0.5) is 0 Å². The Hall–Kier alpha value is -1.50. The summed E-state index contributed by atoms with van der Waals surface area (Å²) in [7, 11) is -4.69. The van der Waals surface area contributed by atoms with Crippen molar-refractivity contribution in [3.8, 4) is 5.69 Å². The topological polar surface area (TPSA) is 93.3 Å². The number of hydrogen-bond acceptors (Lipinski definition) is 4. The molecule has 0 unspecified atom stereocenters. The summed E-state index contributed by atoms with van der Waals surface area (Å²) in [5, 5.41) is 0. The monoisotopic (exact) mass is 326 g/mol. The molecule has 0 fully saturated rings. The van der Waals surface area contributed by atoms with Crippen LogP contribution in [0.2, 0.25) is 0 Å². The fourth-order valence-electron chi connectivity index (χ4n) is 2.54. The average Bonchev–Trinajstić information content (AvgIpc) is 2.28. The molecule has 0 atom stereocenters. The van der Waals surface area contributed by atoms with E-state index in [4.69, 9.17) is 18.6 Å². The molecule has 0 spiro atoms. The molecule has 2 aromatic rings. The van der Waals surface area contributed by atoms with Gasteiger partial charge in [-0.2, -0.15) is 18.5 Å². The molecular formula is C16H21ClNO4+. The smallest absolute Gasteiger partial charge is 0.183 e. The molecule has 1 aromatic carbocycles. The van der Waals surface area contributed by atoms with Gasteiger partial charge in [0.1, 0.15) is 0 Å². The molecule has 0 radical (unpaired) electrons. The number of hydrogen-bond donors (Lipinski definition) is 1. The van der Waals surface area contributed by atoms with E-state index in [-0.39, 0.29) is 0 Å². The van der Waals surface area contributed by atoms with Crippen LogP contribution in [0, 0.1) is 44.9 Å². The third-order valence-electron chi connectivity index (χ3n) is 3.17. The van der Waals surface area contributed by atoms with Gasteiger partial charge in [-0.3, -0.25) is 0 Å². The number of halogens is 1. The Morgan fingerprint density at radius 1 is 0.818 bits per heavy atom. The van der Waals surface area contributed by atoms with Crippen LogP contribution >= 0.6 is 0 Å². The van der Waals surface area contributed by atoms with Crippen LogP contribution in [0.5, 0.6) is 0 Å². The van der Waals surface area contributed by atoms with Crippen LogP contribution in [0.1, 0.15) is 28.1 Å². The van der Waals surface area contributed by atoms with E-state index in [0.29, 0.717) is 0 Å². The maximum absolute atomic E-state index is 8.60. The van der Waals surface area contributed by atoms with E-state index < -0.39 is 10.2 Å². The second-order valence-corrected chi connectivity index (χ2v) is 6.13. The summed E-state index contributed by atoms with van der Waals surface area (Å²) in [5.41, 5.74) is 7.81. The van der Waals surface area contributed by atoms with Crippen LogP contribution in [-0.4, -0.2) is 4.66 Å². The quantitative estimate of drug-likeness (QED) is 0.707. The minimum absolute atomic E-state index is 1.28. The first-order valence-electron chi connectivity index (χ1n) is 6.70. The first-order chi connectivity index (χ1) is 9.99. The van der Waals surface area contributed by atoms with Gasteiger partial charge >= 0.3 is 0 Å². The minimum atomic E-state index is -4.69. The third kappa shape index (κ3) is 5.71. The molecule has 2 rings (SSSR count). The van der Waals surface area contributed by atoms with E-state index in [1.54, 1.807) is 0 Å². The SMILES string of the molecule is Cc1ccc(-[n+]2c(C)cc(C)cc2C)c(C)c1.[O-][Cl+3]([O-])([O-])O. The van der Waals surface area contributed by atoms with E-state index in [0.717, 1.165) is 0 Å². The van der Waals surface area contributed by atoms with Crippen molar-refractivity contribution in [1.29, 1.82) is 0 Å². The number of pyridine rings is 1. The van der Waals surface area contributed by atoms with Crippen molar-refractivity contribution in [2.24, 2.45) is 0 Å². The Labute approximate surface area is 132 Å². The van der Waals surface area contributed by atoms with Gasteiger partial charge in [-0.25, -0.2) is 0 Å². The van der Waals surface area contributed by atoms with E-state index in [1.165, 1.54) is 33.8 Å². The van der Waals surface area contributed by atoms with E-state index >= 15 is 0 Å². The molecule has 0 aliphatic rings. The summed E-state index contributed by atoms with van der Waals surface area (Å²) < 4.78 is 35.0. The first-order valence-corrected chi connectivity index (χ1v) is 7.96. The number of nitrogens with zero attached hydrogens (tertiary/aromatic N) is 1. The number of aryl methyl sites for hydroxylation is 5. The van der Waals surface area contributed by atoms with Gasteiger partial charge < -0.3 is 0 Å². The molecule has 6 heteroatoms. The zero-order valence-corrected chi connectivity index (χ0v) is 14.1. The van der Waals surface area contributed by atoms with E-state index in [1.807, 2.05) is 0 Å². The van der Waals surface area contributed by atoms with Crippen LogP contribution in [0.3, 0.4) is 0 Å². The molecule has 0 aliphatic carbocycles. The summed E-state index contributed by atoms with van der Waals surface area (Å²) in [5.74, 6) is 0. The Kier molecular flexibility index (Phi) is 6.05. The molecule has 120 valence electrons. The van der Waals surface area contributed by atoms with Crippen molar-refractivity contribution >= 4 is 0 Å². The predicted octanol–water partition coefficient (Wildman–Crippen LogP) is -0.619. The van der Waals surface area contributed by atoms with Crippen molar-refractivity contribution in [1.82, 2.24) is 0 Å². The lowest BCUT2D eigenvalue weighted by atomic mass is 10.1. The summed E-state index contributed by atoms with van der Waals surface area (Å²) in [6.07, 6.45) is 0. The fraction of sp³-hybridized carbons (Fsp3) is 0.312. The molecule has 22 heavy (non-hydrogen) atoms. The van der Waals surface area contributed by atoms with Crippen molar-refractivity contribution in [3.63, 3.8) is 0 Å². The molecular weight excluding hydrogens is 306 g/mol. The van der Waals surface area contributed by atoms with Gasteiger partial charge in [0.05, 0.1) is 14.9 Å². The van der Waals surface area contributed by atoms with Crippen molar-refractivity contribution < 1.29 is 33.4 Å². The Morgan fingerprint density at radius 3 is 1.68 bits per heavy atom. The van der Waals surface area contributed by atoms with Gasteiger partial charge in [0.25, 0.3) is 0 Å². The molecule has 0 saturated carbocycles. The largest absolute Gasteiger partial charge is 0.214 e. The Balaban J connectivity index is 0.000000422. The standard InChI is InChI=1S/C16H20N.ClHO4/c1-11-6-7-16(13(3)8-11)17-14(4)9-12(2)10-15(17)5;2-1(3,4)5/h6-10H,1-5H3;(H,2,3,4,5)/q+1;. The molecule has 0 aliphatic heterocycles. The zero-order chi connectivity index (χ0) is 17.1. The lowest BCUT2D eigenvalue weighted by Gasteiger charge is -2.07. The molecule has 1 N–H and O–H groups in total. The lowest BCUT2D eigenvalue weighted by molar-refractivity contribution is -1.92. The fourth-order valence-corrected chi connectivity index (χ4v) is 2.54. The van der Waals surface area contributed by atoms with E-state index in [9.17, 15) is 0 Å². The van der Waals surface area contributed by atoms with Gasteiger partial charge in [0, 0.05) is 37.6 Å². The highest BCUT2D eigenvalue weighted by Gasteiger charge is 2.16.